The first kappa shape index (κ1) is 23.9. The Morgan fingerprint density at radius 2 is 1.90 bits per heavy atom. The zero-order valence-electron chi connectivity index (χ0n) is 16.9. The van der Waals surface area contributed by atoms with Crippen molar-refractivity contribution in [1.29, 1.82) is 0 Å². The molecule has 0 fully saturated rings. The number of nitrogens with one attached hydrogen (secondary N) is 1. The minimum atomic E-state index is -3.82. The molecule has 2 rings (SSSR count). The number of nitrogens with zero attached hydrogens (tertiary/aromatic N) is 2. The largest absolute Gasteiger partial charge is 0.452 e. The van der Waals surface area contributed by atoms with Gasteiger partial charge in [-0.15, -0.1) is 0 Å². The van der Waals surface area contributed by atoms with Crippen molar-refractivity contribution < 1.29 is 32.1 Å². The maximum Gasteiger partial charge on any atom is 0.338 e. The zero-order valence-corrected chi connectivity index (χ0v) is 17.7. The highest BCUT2D eigenvalue weighted by molar-refractivity contribution is 7.89. The van der Waals surface area contributed by atoms with Crippen molar-refractivity contribution in [3.8, 4) is 0 Å². The van der Waals surface area contributed by atoms with Gasteiger partial charge in [-0.1, -0.05) is 6.07 Å². The average Bonchev–Trinajstić information content (AvgIpc) is 2.72. The molecule has 0 unspecified atom stereocenters. The van der Waals surface area contributed by atoms with Gasteiger partial charge in [0.05, 0.1) is 15.4 Å². The van der Waals surface area contributed by atoms with Gasteiger partial charge in [0.2, 0.25) is 15.8 Å². The van der Waals surface area contributed by atoms with Gasteiger partial charge in [0.25, 0.3) is 5.91 Å². The minimum Gasteiger partial charge on any atom is -0.452 e. The van der Waals surface area contributed by atoms with Crippen LogP contribution in [0.1, 0.15) is 24.2 Å². The van der Waals surface area contributed by atoms with Crippen LogP contribution < -0.4 is 5.32 Å². The van der Waals surface area contributed by atoms with Crippen molar-refractivity contribution in [2.75, 3.05) is 19.0 Å². The Morgan fingerprint density at radius 3 is 2.52 bits per heavy atom. The highest BCUT2D eigenvalue weighted by Gasteiger charge is 2.24. The molecule has 0 saturated carbocycles. The summed E-state index contributed by atoms with van der Waals surface area (Å²) in [5.41, 5.74) is -0.957. The van der Waals surface area contributed by atoms with Crippen molar-refractivity contribution in [1.82, 2.24) is 4.31 Å². The van der Waals surface area contributed by atoms with Crippen LogP contribution in [-0.4, -0.2) is 49.2 Å². The molecule has 0 atom stereocenters. The number of nitro benzene ring substituents is 1. The predicted octanol–water partition coefficient (Wildman–Crippen LogP) is 2.56. The van der Waals surface area contributed by atoms with Crippen LogP contribution in [0, 0.1) is 15.9 Å². The van der Waals surface area contributed by atoms with Crippen LogP contribution in [0.3, 0.4) is 0 Å². The maximum absolute atomic E-state index is 13.3. The summed E-state index contributed by atoms with van der Waals surface area (Å²) in [5, 5.41) is 13.0. The van der Waals surface area contributed by atoms with E-state index in [9.17, 15) is 32.5 Å². The van der Waals surface area contributed by atoms with Crippen LogP contribution in [0.5, 0.6) is 0 Å². The number of esters is 1. The van der Waals surface area contributed by atoms with Gasteiger partial charge in [0.15, 0.2) is 6.61 Å². The summed E-state index contributed by atoms with van der Waals surface area (Å²) in [5.74, 6) is -2.82. The van der Waals surface area contributed by atoms with Crippen molar-refractivity contribution in [3.63, 3.8) is 0 Å². The summed E-state index contributed by atoms with van der Waals surface area (Å²) in [4.78, 5) is 33.9. The van der Waals surface area contributed by atoms with Crippen LogP contribution in [0.4, 0.5) is 15.8 Å². The molecule has 0 bridgehead atoms. The molecule has 0 spiro atoms. The van der Waals surface area contributed by atoms with Gasteiger partial charge in [-0.3, -0.25) is 14.9 Å². The number of hydrogen-bond donors (Lipinski definition) is 1. The van der Waals surface area contributed by atoms with E-state index in [1.807, 2.05) is 0 Å². The van der Waals surface area contributed by atoms with Gasteiger partial charge in [0.1, 0.15) is 0 Å². The second kappa shape index (κ2) is 9.62. The van der Waals surface area contributed by atoms with E-state index >= 15 is 0 Å². The van der Waals surface area contributed by atoms with Gasteiger partial charge in [-0.05, 0) is 44.2 Å². The molecule has 1 amide bonds. The molecule has 0 radical (unpaired) electrons. The fourth-order valence-electron chi connectivity index (χ4n) is 2.37. The number of halogens is 1. The first-order valence-corrected chi connectivity index (χ1v) is 10.4. The standard InChI is InChI=1S/C19H20FN3O7S/c1-12(2)22(3)31(28,29)15-6-4-5-13(9-15)19(25)30-11-18(24)21-14-7-8-16(20)17(10-14)23(26)27/h4-10,12H,11H2,1-3H3,(H,21,24). The molecule has 12 heteroatoms. The fourth-order valence-corrected chi connectivity index (χ4v) is 3.78. The number of nitro groups is 1. The van der Waals surface area contributed by atoms with E-state index in [1.165, 1.54) is 25.2 Å². The third kappa shape index (κ3) is 5.83. The average molecular weight is 453 g/mol. The number of benzene rings is 2. The molecule has 0 heterocycles. The van der Waals surface area contributed by atoms with Crippen molar-refractivity contribution >= 4 is 33.3 Å². The summed E-state index contributed by atoms with van der Waals surface area (Å²) in [6.45, 7) is 2.65. The third-order valence-electron chi connectivity index (χ3n) is 4.23. The first-order chi connectivity index (χ1) is 14.4. The third-order valence-corrected chi connectivity index (χ3v) is 6.26. The van der Waals surface area contributed by atoms with Gasteiger partial charge >= 0.3 is 11.7 Å². The highest BCUT2D eigenvalue weighted by atomic mass is 32.2. The molecule has 0 aliphatic rings. The van der Waals surface area contributed by atoms with Crippen molar-refractivity contribution in [3.05, 3.63) is 64.0 Å². The summed E-state index contributed by atoms with van der Waals surface area (Å²) in [6, 6.07) is 7.63. The number of anilines is 1. The number of carbonyl (C=O) groups is 2. The molecule has 0 saturated heterocycles. The Hall–Kier alpha value is -3.38. The van der Waals surface area contributed by atoms with Crippen LogP contribution in [0.15, 0.2) is 47.4 Å². The van der Waals surface area contributed by atoms with E-state index in [4.69, 9.17) is 4.74 Å². The smallest absolute Gasteiger partial charge is 0.338 e. The van der Waals surface area contributed by atoms with E-state index in [0.717, 1.165) is 28.6 Å². The van der Waals surface area contributed by atoms with E-state index in [1.54, 1.807) is 13.8 Å². The summed E-state index contributed by atoms with van der Waals surface area (Å²) < 4.78 is 44.5. The normalized spacial score (nSPS) is 11.4. The number of carbonyl (C=O) groups excluding carboxylic acids is 2. The maximum atomic E-state index is 13.3. The summed E-state index contributed by atoms with van der Waals surface area (Å²) in [6.07, 6.45) is 0. The SMILES string of the molecule is CC(C)N(C)S(=O)(=O)c1cccc(C(=O)OCC(=O)Nc2ccc(F)c([N+](=O)[O-])c2)c1. The van der Waals surface area contributed by atoms with Crippen LogP contribution in [0.25, 0.3) is 0 Å². The van der Waals surface area contributed by atoms with Gasteiger partial charge in [-0.2, -0.15) is 8.70 Å². The fraction of sp³-hybridized carbons (Fsp3) is 0.263. The van der Waals surface area contributed by atoms with Gasteiger partial charge < -0.3 is 10.1 Å². The van der Waals surface area contributed by atoms with E-state index in [2.05, 4.69) is 5.32 Å². The molecule has 166 valence electrons. The Bertz CT molecular complexity index is 1120. The van der Waals surface area contributed by atoms with E-state index in [-0.39, 0.29) is 22.2 Å². The Balaban J connectivity index is 2.06. The lowest BCUT2D eigenvalue weighted by molar-refractivity contribution is -0.387. The highest BCUT2D eigenvalue weighted by Crippen LogP contribution is 2.22. The Morgan fingerprint density at radius 1 is 1.23 bits per heavy atom. The monoisotopic (exact) mass is 453 g/mol. The molecule has 1 N–H and O–H groups in total. The quantitative estimate of drug-likeness (QED) is 0.368. The molecule has 0 aliphatic heterocycles. The number of rotatable bonds is 8. The number of ether oxygens (including phenoxy) is 1. The molecule has 31 heavy (non-hydrogen) atoms. The zero-order chi connectivity index (χ0) is 23.3. The molecule has 2 aromatic rings. The molecular weight excluding hydrogens is 433 g/mol. The number of hydrogen-bond acceptors (Lipinski definition) is 7. The van der Waals surface area contributed by atoms with Crippen LogP contribution in [0.2, 0.25) is 0 Å². The first-order valence-electron chi connectivity index (χ1n) is 8.92. The second-order valence-electron chi connectivity index (χ2n) is 6.69. The van der Waals surface area contributed by atoms with Crippen LogP contribution >= 0.6 is 0 Å². The van der Waals surface area contributed by atoms with E-state index in [0.29, 0.717) is 0 Å². The minimum absolute atomic E-state index is 0.0565. The van der Waals surface area contributed by atoms with Crippen molar-refractivity contribution in [2.24, 2.45) is 0 Å². The van der Waals surface area contributed by atoms with Crippen molar-refractivity contribution in [2.45, 2.75) is 24.8 Å². The lowest BCUT2D eigenvalue weighted by Crippen LogP contribution is -2.33. The predicted molar refractivity (Wildman–Crippen MR) is 108 cm³/mol. The van der Waals surface area contributed by atoms with Gasteiger partial charge in [-0.25, -0.2) is 13.2 Å². The summed E-state index contributed by atoms with van der Waals surface area (Å²) in [7, 11) is -2.41. The molecule has 0 aliphatic carbocycles. The Labute approximate surface area is 177 Å². The molecule has 0 aromatic heterocycles. The lowest BCUT2D eigenvalue weighted by atomic mass is 10.2. The molecule has 2 aromatic carbocycles. The summed E-state index contributed by atoms with van der Waals surface area (Å²) >= 11 is 0. The molecular formula is C19H20FN3O7S. The number of amides is 1. The second-order valence-corrected chi connectivity index (χ2v) is 8.69. The lowest BCUT2D eigenvalue weighted by Gasteiger charge is -2.21. The van der Waals surface area contributed by atoms with Crippen LogP contribution in [-0.2, 0) is 19.6 Å². The van der Waals surface area contributed by atoms with Gasteiger partial charge in [0, 0.05) is 24.8 Å². The topological polar surface area (TPSA) is 136 Å². The number of sulfonamides is 1. The van der Waals surface area contributed by atoms with E-state index < -0.39 is 44.9 Å². The Kier molecular flexibility index (Phi) is 7.41. The molecule has 10 nitrogen and oxygen atoms in total.